The fourth-order valence-electron chi connectivity index (χ4n) is 1.99. The highest BCUT2D eigenvalue weighted by Gasteiger charge is 2.25. The van der Waals surface area contributed by atoms with Gasteiger partial charge in [-0.2, -0.15) is 8.78 Å². The van der Waals surface area contributed by atoms with E-state index in [2.05, 4.69) is 9.72 Å². The van der Waals surface area contributed by atoms with Crippen molar-refractivity contribution in [2.24, 2.45) is 7.05 Å². The third-order valence-corrected chi connectivity index (χ3v) is 3.16. The largest absolute Gasteiger partial charge is 0.467 e. The molecule has 0 bridgehead atoms. The van der Waals surface area contributed by atoms with Crippen LogP contribution in [-0.2, 0) is 16.6 Å². The maximum Gasteiger partial charge on any atom is 0.336 e. The Hall–Kier alpha value is -2.52. The number of ether oxygens (including phenoxy) is 1. The first-order chi connectivity index (χ1) is 9.81. The molecule has 0 saturated heterocycles. The Morgan fingerprint density at radius 3 is 2.52 bits per heavy atom. The number of halogens is 2. The molecular weight excluding hydrogens is 290 g/mol. The molecular formula is C11H12F2N4O4. The highest BCUT2D eigenvalue weighted by atomic mass is 19.3. The summed E-state index contributed by atoms with van der Waals surface area (Å²) in [4.78, 5) is 39.0. The molecule has 0 aliphatic carbocycles. The Balaban J connectivity index is 2.89. The van der Waals surface area contributed by atoms with Gasteiger partial charge in [-0.25, -0.2) is 19.1 Å². The molecule has 0 aliphatic heterocycles. The molecule has 2 aromatic rings. The molecule has 0 saturated carbocycles. The summed E-state index contributed by atoms with van der Waals surface area (Å²) in [5.74, 6) is -0.675. The van der Waals surface area contributed by atoms with Gasteiger partial charge in [0.15, 0.2) is 11.2 Å². The molecule has 0 fully saturated rings. The molecule has 2 aromatic heterocycles. The Labute approximate surface area is 116 Å². The lowest BCUT2D eigenvalue weighted by Gasteiger charge is -2.12. The van der Waals surface area contributed by atoms with Crippen LogP contribution in [0.1, 0.15) is 19.5 Å². The molecule has 0 radical (unpaired) electrons. The van der Waals surface area contributed by atoms with Gasteiger partial charge >= 0.3 is 18.2 Å². The van der Waals surface area contributed by atoms with Crippen molar-refractivity contribution in [1.82, 2.24) is 18.7 Å². The molecule has 0 aliphatic rings. The van der Waals surface area contributed by atoms with E-state index in [-0.39, 0.29) is 10.1 Å². The lowest BCUT2D eigenvalue weighted by Crippen LogP contribution is -2.39. The van der Waals surface area contributed by atoms with Crippen molar-refractivity contribution in [2.75, 3.05) is 7.11 Å². The average Bonchev–Trinajstić information content (AvgIpc) is 2.87. The zero-order valence-corrected chi connectivity index (χ0v) is 11.4. The molecule has 0 amide bonds. The molecule has 2 heterocycles. The number of alkyl halides is 2. The third-order valence-electron chi connectivity index (χ3n) is 3.16. The Morgan fingerprint density at radius 2 is 2.00 bits per heavy atom. The second kappa shape index (κ2) is 5.11. The molecule has 1 unspecified atom stereocenters. The molecule has 1 atom stereocenters. The first-order valence-corrected chi connectivity index (χ1v) is 5.85. The summed E-state index contributed by atoms with van der Waals surface area (Å²) in [6.07, 6.45) is 1.05. The second-order valence-corrected chi connectivity index (χ2v) is 4.32. The molecule has 0 aromatic carbocycles. The van der Waals surface area contributed by atoms with Crippen molar-refractivity contribution in [3.8, 4) is 0 Å². The van der Waals surface area contributed by atoms with E-state index >= 15 is 0 Å². The number of imidazole rings is 1. The van der Waals surface area contributed by atoms with E-state index in [0.29, 0.717) is 4.57 Å². The van der Waals surface area contributed by atoms with Crippen molar-refractivity contribution < 1.29 is 18.3 Å². The summed E-state index contributed by atoms with van der Waals surface area (Å²) in [7, 11) is 2.23. The van der Waals surface area contributed by atoms with Gasteiger partial charge in [-0.1, -0.05) is 0 Å². The average molecular weight is 302 g/mol. The molecule has 21 heavy (non-hydrogen) atoms. The Bertz CT molecular complexity index is 820. The maximum absolute atomic E-state index is 13.0. The zero-order chi connectivity index (χ0) is 15.9. The quantitative estimate of drug-likeness (QED) is 0.746. The Kier molecular flexibility index (Phi) is 3.62. The highest BCUT2D eigenvalue weighted by molar-refractivity contribution is 5.78. The number of nitrogens with zero attached hydrogens (tertiary/aromatic N) is 4. The van der Waals surface area contributed by atoms with Gasteiger partial charge < -0.3 is 9.30 Å². The summed E-state index contributed by atoms with van der Waals surface area (Å²) in [6, 6.07) is -0.948. The second-order valence-electron chi connectivity index (χ2n) is 4.32. The van der Waals surface area contributed by atoms with Gasteiger partial charge in [0.05, 0.1) is 13.4 Å². The molecule has 10 heteroatoms. The number of carbonyl (C=O) groups is 1. The van der Waals surface area contributed by atoms with Crippen LogP contribution >= 0.6 is 0 Å². The van der Waals surface area contributed by atoms with E-state index in [4.69, 9.17) is 0 Å². The number of aromatic nitrogens is 4. The van der Waals surface area contributed by atoms with Gasteiger partial charge in [0, 0.05) is 7.05 Å². The van der Waals surface area contributed by atoms with Gasteiger partial charge in [-0.05, 0) is 6.92 Å². The van der Waals surface area contributed by atoms with Crippen molar-refractivity contribution >= 4 is 17.1 Å². The monoisotopic (exact) mass is 302 g/mol. The van der Waals surface area contributed by atoms with Gasteiger partial charge in [0.2, 0.25) is 0 Å². The minimum Gasteiger partial charge on any atom is -0.467 e. The standard InChI is InChI=1S/C11H12F2N4O4/c1-5(9(19)21-3)16-4-14-7-6(16)8(18)15(2)11(20)17(7)10(12)13/h4-5,10H,1-3H3. The molecule has 0 spiro atoms. The van der Waals surface area contributed by atoms with Crippen LogP contribution in [0.15, 0.2) is 15.9 Å². The first-order valence-electron chi connectivity index (χ1n) is 5.85. The lowest BCUT2D eigenvalue weighted by atomic mass is 10.3. The fourth-order valence-corrected chi connectivity index (χ4v) is 1.99. The van der Waals surface area contributed by atoms with Crippen LogP contribution in [0.2, 0.25) is 0 Å². The van der Waals surface area contributed by atoms with Gasteiger partial charge in [-0.15, -0.1) is 0 Å². The van der Waals surface area contributed by atoms with Gasteiger partial charge in [0.1, 0.15) is 6.04 Å². The van der Waals surface area contributed by atoms with Crippen molar-refractivity contribution in [1.29, 1.82) is 0 Å². The molecule has 0 N–H and O–H groups in total. The van der Waals surface area contributed by atoms with Crippen LogP contribution in [-0.4, -0.2) is 31.8 Å². The van der Waals surface area contributed by atoms with E-state index < -0.39 is 35.5 Å². The first kappa shape index (κ1) is 14.9. The molecule has 2 rings (SSSR count). The van der Waals surface area contributed by atoms with Crippen LogP contribution < -0.4 is 11.2 Å². The Morgan fingerprint density at radius 1 is 1.38 bits per heavy atom. The number of methoxy groups -OCH3 is 1. The van der Waals surface area contributed by atoms with E-state index in [1.165, 1.54) is 6.92 Å². The topological polar surface area (TPSA) is 88.1 Å². The minimum atomic E-state index is -3.16. The van der Waals surface area contributed by atoms with Crippen LogP contribution in [0, 0.1) is 0 Å². The van der Waals surface area contributed by atoms with Gasteiger partial charge in [-0.3, -0.25) is 9.36 Å². The minimum absolute atomic E-state index is 0.0945. The van der Waals surface area contributed by atoms with Crippen LogP contribution in [0.25, 0.3) is 11.2 Å². The zero-order valence-electron chi connectivity index (χ0n) is 11.4. The normalized spacial score (nSPS) is 12.9. The van der Waals surface area contributed by atoms with E-state index in [0.717, 1.165) is 25.1 Å². The smallest absolute Gasteiger partial charge is 0.336 e. The van der Waals surface area contributed by atoms with Gasteiger partial charge in [0.25, 0.3) is 5.56 Å². The van der Waals surface area contributed by atoms with Crippen molar-refractivity contribution in [3.63, 3.8) is 0 Å². The van der Waals surface area contributed by atoms with E-state index in [1.54, 1.807) is 0 Å². The predicted molar refractivity (Wildman–Crippen MR) is 67.2 cm³/mol. The fraction of sp³-hybridized carbons (Fsp3) is 0.455. The van der Waals surface area contributed by atoms with E-state index in [9.17, 15) is 23.2 Å². The molecule has 8 nitrogen and oxygen atoms in total. The van der Waals surface area contributed by atoms with Crippen LogP contribution in [0.5, 0.6) is 0 Å². The highest BCUT2D eigenvalue weighted by Crippen LogP contribution is 2.18. The van der Waals surface area contributed by atoms with E-state index in [1.807, 2.05) is 0 Å². The summed E-state index contributed by atoms with van der Waals surface area (Å²) in [6.45, 7) is -1.74. The van der Waals surface area contributed by atoms with Crippen molar-refractivity contribution in [2.45, 2.75) is 19.5 Å². The third kappa shape index (κ3) is 2.12. The SMILES string of the molecule is COC(=O)C(C)n1cnc2c1c(=O)n(C)c(=O)n2C(F)F. The number of hydrogen-bond acceptors (Lipinski definition) is 5. The number of fused-ring (bicyclic) bond motifs is 1. The maximum atomic E-state index is 13.0. The lowest BCUT2D eigenvalue weighted by molar-refractivity contribution is -0.143. The molecule has 114 valence electrons. The predicted octanol–water partition coefficient (Wildman–Crippen LogP) is 0.0258. The van der Waals surface area contributed by atoms with Crippen molar-refractivity contribution in [3.05, 3.63) is 27.2 Å². The summed E-state index contributed by atoms with van der Waals surface area (Å²) < 4.78 is 32.3. The van der Waals surface area contributed by atoms with Crippen LogP contribution in [0.3, 0.4) is 0 Å². The number of carbonyl (C=O) groups excluding carboxylic acids is 1. The summed E-state index contributed by atoms with van der Waals surface area (Å²) in [5, 5.41) is 0. The summed E-state index contributed by atoms with van der Waals surface area (Å²) in [5.41, 5.74) is -2.75. The number of esters is 1. The van der Waals surface area contributed by atoms with Crippen LogP contribution in [0.4, 0.5) is 8.78 Å². The number of rotatable bonds is 3. The number of hydrogen-bond donors (Lipinski definition) is 0. The summed E-state index contributed by atoms with van der Waals surface area (Å²) >= 11 is 0.